The first-order valence-electron chi connectivity index (χ1n) is 10.9. The van der Waals surface area contributed by atoms with Crippen LogP contribution in [-0.4, -0.2) is 37.0 Å². The first-order chi connectivity index (χ1) is 14.4. The second-order valence-corrected chi connectivity index (χ2v) is 7.78. The zero-order chi connectivity index (χ0) is 22.4. The minimum Gasteiger partial charge on any atom is -0.445 e. The first kappa shape index (κ1) is 25.5. The molecule has 0 spiro atoms. The molecular weight excluding hydrogens is 382 g/mol. The van der Waals surface area contributed by atoms with Crippen LogP contribution >= 0.6 is 0 Å². The van der Waals surface area contributed by atoms with Crippen molar-refractivity contribution in [1.82, 2.24) is 16.0 Å². The van der Waals surface area contributed by atoms with Gasteiger partial charge in [-0.3, -0.25) is 9.59 Å². The fourth-order valence-electron chi connectivity index (χ4n) is 2.76. The van der Waals surface area contributed by atoms with Crippen molar-refractivity contribution in [3.63, 3.8) is 0 Å². The Labute approximate surface area is 180 Å². The fraction of sp³-hybridized carbons (Fsp3) is 0.609. The Balaban J connectivity index is 2.38. The maximum absolute atomic E-state index is 12.6. The summed E-state index contributed by atoms with van der Waals surface area (Å²) in [6.45, 7) is 9.08. The van der Waals surface area contributed by atoms with Gasteiger partial charge in [-0.1, -0.05) is 70.9 Å². The van der Waals surface area contributed by atoms with Gasteiger partial charge in [0.15, 0.2) is 0 Å². The molecule has 0 aliphatic heterocycles. The molecule has 3 unspecified atom stereocenters. The summed E-state index contributed by atoms with van der Waals surface area (Å²) in [5, 5.41) is 8.39. The van der Waals surface area contributed by atoms with Gasteiger partial charge in [0.2, 0.25) is 11.8 Å². The number of benzene rings is 1. The van der Waals surface area contributed by atoms with Crippen molar-refractivity contribution in [2.45, 2.75) is 66.0 Å². The van der Waals surface area contributed by atoms with E-state index in [9.17, 15) is 14.4 Å². The lowest BCUT2D eigenvalue weighted by Gasteiger charge is -2.23. The van der Waals surface area contributed by atoms with Crippen molar-refractivity contribution < 1.29 is 19.1 Å². The summed E-state index contributed by atoms with van der Waals surface area (Å²) in [5.74, 6) is 0.126. The van der Waals surface area contributed by atoms with Crippen molar-refractivity contribution in [3.05, 3.63) is 35.9 Å². The molecule has 0 aliphatic rings. The lowest BCUT2D eigenvalue weighted by Crippen LogP contribution is -2.50. The predicted molar refractivity (Wildman–Crippen MR) is 118 cm³/mol. The van der Waals surface area contributed by atoms with E-state index >= 15 is 0 Å². The zero-order valence-electron chi connectivity index (χ0n) is 18.7. The summed E-state index contributed by atoms with van der Waals surface area (Å²) in [5.41, 5.74) is 0.882. The number of carbonyl (C=O) groups is 3. The monoisotopic (exact) mass is 419 g/mol. The highest BCUT2D eigenvalue weighted by atomic mass is 16.5. The standard InChI is InChI=1S/C23H37N3O4/c1-5-17(3)15-20(27)24-13-10-14-25-22(28)21(18(4)6-2)26-23(29)30-16-19-11-8-7-9-12-19/h7-9,11-12,17-18,21H,5-6,10,13-16H2,1-4H3,(H,24,27)(H,25,28)(H,26,29). The molecule has 0 bridgehead atoms. The van der Waals surface area contributed by atoms with Crippen LogP contribution in [-0.2, 0) is 20.9 Å². The number of hydrogen-bond donors (Lipinski definition) is 3. The van der Waals surface area contributed by atoms with Crippen LogP contribution in [0.15, 0.2) is 30.3 Å². The molecule has 7 heteroatoms. The number of ether oxygens (including phenoxy) is 1. The van der Waals surface area contributed by atoms with Crippen LogP contribution in [0.1, 0.15) is 58.9 Å². The lowest BCUT2D eigenvalue weighted by molar-refractivity contribution is -0.124. The minimum absolute atomic E-state index is 0.0375. The third-order valence-corrected chi connectivity index (χ3v) is 5.19. The van der Waals surface area contributed by atoms with E-state index in [1.807, 2.05) is 51.1 Å². The summed E-state index contributed by atoms with van der Waals surface area (Å²) < 4.78 is 5.24. The van der Waals surface area contributed by atoms with E-state index in [0.717, 1.165) is 18.4 Å². The molecule has 1 aromatic carbocycles. The Morgan fingerprint density at radius 2 is 1.63 bits per heavy atom. The summed E-state index contributed by atoms with van der Waals surface area (Å²) >= 11 is 0. The van der Waals surface area contributed by atoms with Crippen LogP contribution in [0.25, 0.3) is 0 Å². The number of alkyl carbamates (subject to hydrolysis) is 1. The lowest BCUT2D eigenvalue weighted by atomic mass is 9.98. The maximum Gasteiger partial charge on any atom is 0.408 e. The molecule has 30 heavy (non-hydrogen) atoms. The highest BCUT2D eigenvalue weighted by Gasteiger charge is 2.26. The third-order valence-electron chi connectivity index (χ3n) is 5.19. The Morgan fingerprint density at radius 3 is 2.27 bits per heavy atom. The van der Waals surface area contributed by atoms with Gasteiger partial charge in [0, 0.05) is 19.5 Å². The quantitative estimate of drug-likeness (QED) is 0.427. The van der Waals surface area contributed by atoms with E-state index in [2.05, 4.69) is 22.9 Å². The van der Waals surface area contributed by atoms with Crippen LogP contribution in [0.4, 0.5) is 4.79 Å². The normalized spacial score (nSPS) is 13.6. The van der Waals surface area contributed by atoms with Crippen molar-refractivity contribution in [1.29, 1.82) is 0 Å². The number of hydrogen-bond acceptors (Lipinski definition) is 4. The summed E-state index contributed by atoms with van der Waals surface area (Å²) in [6, 6.07) is 8.71. The molecular formula is C23H37N3O4. The van der Waals surface area contributed by atoms with Gasteiger partial charge in [-0.2, -0.15) is 0 Å². The maximum atomic E-state index is 12.6. The SMILES string of the molecule is CCC(C)CC(=O)NCCCNC(=O)C(NC(=O)OCc1ccccc1)C(C)CC. The summed E-state index contributed by atoms with van der Waals surface area (Å²) in [4.78, 5) is 36.5. The van der Waals surface area contributed by atoms with E-state index < -0.39 is 12.1 Å². The molecule has 7 nitrogen and oxygen atoms in total. The molecule has 0 saturated heterocycles. The second kappa shape index (κ2) is 14.4. The highest BCUT2D eigenvalue weighted by molar-refractivity contribution is 5.85. The van der Waals surface area contributed by atoms with Crippen molar-refractivity contribution in [2.75, 3.05) is 13.1 Å². The molecule has 0 heterocycles. The molecule has 1 aromatic rings. The fourth-order valence-corrected chi connectivity index (χ4v) is 2.76. The van der Waals surface area contributed by atoms with Crippen molar-refractivity contribution >= 4 is 17.9 Å². The predicted octanol–water partition coefficient (Wildman–Crippen LogP) is 3.39. The van der Waals surface area contributed by atoms with Gasteiger partial charge in [0.25, 0.3) is 0 Å². The molecule has 0 radical (unpaired) electrons. The van der Waals surface area contributed by atoms with E-state index in [-0.39, 0.29) is 24.3 Å². The molecule has 168 valence electrons. The van der Waals surface area contributed by atoms with Crippen molar-refractivity contribution in [3.8, 4) is 0 Å². The molecule has 0 aromatic heterocycles. The highest BCUT2D eigenvalue weighted by Crippen LogP contribution is 2.09. The smallest absolute Gasteiger partial charge is 0.408 e. The Bertz CT molecular complexity index is 651. The summed E-state index contributed by atoms with van der Waals surface area (Å²) in [7, 11) is 0. The van der Waals surface area contributed by atoms with Crippen LogP contribution in [0, 0.1) is 11.8 Å². The van der Waals surface area contributed by atoms with Gasteiger partial charge in [-0.15, -0.1) is 0 Å². The summed E-state index contributed by atoms with van der Waals surface area (Å²) in [6.07, 6.45) is 2.25. The third kappa shape index (κ3) is 10.3. The van der Waals surface area contributed by atoms with Gasteiger partial charge < -0.3 is 20.7 Å². The molecule has 0 fully saturated rings. The van der Waals surface area contributed by atoms with E-state index in [1.54, 1.807) is 0 Å². The van der Waals surface area contributed by atoms with Crippen LogP contribution < -0.4 is 16.0 Å². The van der Waals surface area contributed by atoms with Crippen LogP contribution in [0.3, 0.4) is 0 Å². The van der Waals surface area contributed by atoms with E-state index in [0.29, 0.717) is 31.8 Å². The molecule has 1 rings (SSSR count). The van der Waals surface area contributed by atoms with Crippen LogP contribution in [0.2, 0.25) is 0 Å². The molecule has 3 N–H and O–H groups in total. The van der Waals surface area contributed by atoms with Gasteiger partial charge >= 0.3 is 6.09 Å². The molecule has 0 aliphatic carbocycles. The molecule has 3 atom stereocenters. The van der Waals surface area contributed by atoms with E-state index in [1.165, 1.54) is 0 Å². The number of amides is 3. The Morgan fingerprint density at radius 1 is 0.967 bits per heavy atom. The number of carbonyl (C=O) groups excluding carboxylic acids is 3. The average molecular weight is 420 g/mol. The molecule has 0 saturated carbocycles. The van der Waals surface area contributed by atoms with Gasteiger partial charge in [0.05, 0.1) is 0 Å². The number of rotatable bonds is 13. The molecule has 3 amide bonds. The average Bonchev–Trinajstić information content (AvgIpc) is 2.75. The Hall–Kier alpha value is -2.57. The largest absolute Gasteiger partial charge is 0.445 e. The van der Waals surface area contributed by atoms with Crippen molar-refractivity contribution in [2.24, 2.45) is 11.8 Å². The topological polar surface area (TPSA) is 96.5 Å². The zero-order valence-corrected chi connectivity index (χ0v) is 18.7. The van der Waals surface area contributed by atoms with Crippen LogP contribution in [0.5, 0.6) is 0 Å². The first-order valence-corrected chi connectivity index (χ1v) is 10.9. The van der Waals surface area contributed by atoms with Gasteiger partial charge in [-0.25, -0.2) is 4.79 Å². The Kier molecular flexibility index (Phi) is 12.2. The number of nitrogens with one attached hydrogen (secondary N) is 3. The minimum atomic E-state index is -0.668. The van der Waals surface area contributed by atoms with Gasteiger partial charge in [-0.05, 0) is 23.8 Å². The van der Waals surface area contributed by atoms with Gasteiger partial charge in [0.1, 0.15) is 12.6 Å². The van der Waals surface area contributed by atoms with E-state index in [4.69, 9.17) is 4.74 Å². The second-order valence-electron chi connectivity index (χ2n) is 7.78.